The molecule has 7 heteroatoms. The molecule has 19 heavy (non-hydrogen) atoms. The van der Waals surface area contributed by atoms with Gasteiger partial charge in [0.15, 0.2) is 0 Å². The average Bonchev–Trinajstić information content (AvgIpc) is 2.40. The van der Waals surface area contributed by atoms with E-state index in [-0.39, 0.29) is 11.2 Å². The second-order valence-corrected chi connectivity index (χ2v) is 5.13. The highest BCUT2D eigenvalue weighted by Gasteiger charge is 2.08. The fraction of sp³-hybridized carbons (Fsp3) is 0.167. The van der Waals surface area contributed by atoms with Gasteiger partial charge in [-0.2, -0.15) is 0 Å². The quantitative estimate of drug-likeness (QED) is 0.471. The molecule has 0 spiro atoms. The largest absolute Gasteiger partial charge is 0.292 e. The molecular formula is C12H10IN3O3. The molecular weight excluding hydrogens is 361 g/mol. The first kappa shape index (κ1) is 13.7. The molecule has 2 aromatic rings. The van der Waals surface area contributed by atoms with Gasteiger partial charge < -0.3 is 0 Å². The van der Waals surface area contributed by atoms with E-state index in [2.05, 4.69) is 4.98 Å². The molecule has 0 N–H and O–H groups in total. The van der Waals surface area contributed by atoms with Crippen LogP contribution in [-0.2, 0) is 6.54 Å². The molecule has 1 aromatic heterocycles. The van der Waals surface area contributed by atoms with Gasteiger partial charge >= 0.3 is 0 Å². The van der Waals surface area contributed by atoms with Gasteiger partial charge in [-0.25, -0.2) is 4.98 Å². The van der Waals surface area contributed by atoms with Crippen LogP contribution < -0.4 is 5.56 Å². The third-order valence-corrected chi connectivity index (χ3v) is 3.43. The number of hydrogen-bond acceptors (Lipinski definition) is 4. The lowest BCUT2D eigenvalue weighted by atomic mass is 10.2. The molecule has 0 radical (unpaired) electrons. The number of nitrogens with zero attached hydrogens (tertiary/aromatic N) is 3. The molecule has 0 aliphatic heterocycles. The maximum Gasteiger partial charge on any atom is 0.269 e. The number of aromatic nitrogens is 2. The first-order valence-corrected chi connectivity index (χ1v) is 6.52. The third-order valence-electron chi connectivity index (χ3n) is 2.69. The van der Waals surface area contributed by atoms with Crippen LogP contribution in [0.25, 0.3) is 0 Å². The number of hydrogen-bond donors (Lipinski definition) is 0. The number of rotatable bonds is 3. The van der Waals surface area contributed by atoms with Crippen molar-refractivity contribution in [3.63, 3.8) is 0 Å². The standard InChI is InChI=1S/C12H10IN3O3/c1-8-14-6-11(13)12(17)15(8)7-9-2-4-10(5-3-9)16(18)19/h2-6H,7H2,1H3. The summed E-state index contributed by atoms with van der Waals surface area (Å²) in [6.45, 7) is 2.11. The zero-order valence-electron chi connectivity index (χ0n) is 10.0. The van der Waals surface area contributed by atoms with E-state index < -0.39 is 4.92 Å². The molecule has 0 bridgehead atoms. The molecule has 0 atom stereocenters. The number of nitro benzene ring substituents is 1. The number of non-ortho nitro benzene ring substituents is 1. The lowest BCUT2D eigenvalue weighted by Crippen LogP contribution is -2.26. The molecule has 98 valence electrons. The van der Waals surface area contributed by atoms with Gasteiger partial charge in [0.1, 0.15) is 5.82 Å². The fourth-order valence-corrected chi connectivity index (χ4v) is 2.07. The van der Waals surface area contributed by atoms with Crippen LogP contribution in [0.4, 0.5) is 5.69 Å². The van der Waals surface area contributed by atoms with Gasteiger partial charge in [-0.1, -0.05) is 12.1 Å². The molecule has 0 amide bonds. The molecule has 0 aliphatic rings. The van der Waals surface area contributed by atoms with E-state index in [1.54, 1.807) is 23.6 Å². The summed E-state index contributed by atoms with van der Waals surface area (Å²) in [6.07, 6.45) is 1.53. The highest BCUT2D eigenvalue weighted by molar-refractivity contribution is 14.1. The second-order valence-electron chi connectivity index (χ2n) is 3.97. The van der Waals surface area contributed by atoms with Crippen LogP contribution in [0.15, 0.2) is 35.3 Å². The first-order chi connectivity index (χ1) is 8.99. The maximum atomic E-state index is 12.0. The molecule has 1 heterocycles. The summed E-state index contributed by atoms with van der Waals surface area (Å²) >= 11 is 1.94. The highest BCUT2D eigenvalue weighted by atomic mass is 127. The van der Waals surface area contributed by atoms with Gasteiger partial charge in [-0.3, -0.25) is 19.5 Å². The predicted octanol–water partition coefficient (Wildman–Crippen LogP) is 2.11. The molecule has 0 saturated heterocycles. The first-order valence-electron chi connectivity index (χ1n) is 5.44. The van der Waals surface area contributed by atoms with Crippen molar-refractivity contribution >= 4 is 28.3 Å². The zero-order chi connectivity index (χ0) is 14.0. The number of halogens is 1. The molecule has 0 fully saturated rings. The van der Waals surface area contributed by atoms with E-state index in [9.17, 15) is 14.9 Å². The summed E-state index contributed by atoms with van der Waals surface area (Å²) in [6, 6.07) is 6.14. The van der Waals surface area contributed by atoms with Gasteiger partial charge in [0.2, 0.25) is 0 Å². The molecule has 6 nitrogen and oxygen atoms in total. The third kappa shape index (κ3) is 2.98. The van der Waals surface area contributed by atoms with Crippen molar-refractivity contribution in [1.29, 1.82) is 0 Å². The summed E-state index contributed by atoms with van der Waals surface area (Å²) in [4.78, 5) is 26.2. The minimum absolute atomic E-state index is 0.0357. The lowest BCUT2D eigenvalue weighted by Gasteiger charge is -2.09. The normalized spacial score (nSPS) is 10.4. The average molecular weight is 371 g/mol. The van der Waals surface area contributed by atoms with Crippen LogP contribution in [0.3, 0.4) is 0 Å². The Morgan fingerprint density at radius 3 is 2.58 bits per heavy atom. The van der Waals surface area contributed by atoms with Crippen molar-refractivity contribution in [2.24, 2.45) is 0 Å². The van der Waals surface area contributed by atoms with Crippen LogP contribution in [0.2, 0.25) is 0 Å². The van der Waals surface area contributed by atoms with E-state index >= 15 is 0 Å². The monoisotopic (exact) mass is 371 g/mol. The van der Waals surface area contributed by atoms with Crippen LogP contribution >= 0.6 is 22.6 Å². The van der Waals surface area contributed by atoms with Gasteiger partial charge in [-0.05, 0) is 35.1 Å². The summed E-state index contributed by atoms with van der Waals surface area (Å²) in [5, 5.41) is 10.6. The SMILES string of the molecule is Cc1ncc(I)c(=O)n1Cc1ccc([N+](=O)[O-])cc1. The van der Waals surface area contributed by atoms with E-state index in [1.807, 2.05) is 22.6 Å². The van der Waals surface area contributed by atoms with Crippen molar-refractivity contribution in [2.75, 3.05) is 0 Å². The topological polar surface area (TPSA) is 78.0 Å². The predicted molar refractivity (Wildman–Crippen MR) is 78.1 cm³/mol. The molecule has 0 aliphatic carbocycles. The Morgan fingerprint density at radius 1 is 1.37 bits per heavy atom. The van der Waals surface area contributed by atoms with Crippen molar-refractivity contribution in [3.8, 4) is 0 Å². The van der Waals surface area contributed by atoms with E-state index in [0.29, 0.717) is 15.9 Å². The minimum atomic E-state index is -0.450. The van der Waals surface area contributed by atoms with Gasteiger partial charge in [0, 0.05) is 18.3 Å². The number of nitro groups is 1. The Labute approximate surface area is 122 Å². The Balaban J connectivity index is 2.34. The molecule has 2 rings (SSSR count). The second kappa shape index (κ2) is 5.47. The van der Waals surface area contributed by atoms with Crippen molar-refractivity contribution < 1.29 is 4.92 Å². The van der Waals surface area contributed by atoms with Gasteiger partial charge in [-0.15, -0.1) is 0 Å². The van der Waals surface area contributed by atoms with Gasteiger partial charge in [0.05, 0.1) is 15.0 Å². The Morgan fingerprint density at radius 2 is 2.00 bits per heavy atom. The van der Waals surface area contributed by atoms with Crippen molar-refractivity contribution in [3.05, 3.63) is 65.9 Å². The van der Waals surface area contributed by atoms with Crippen LogP contribution in [0.5, 0.6) is 0 Å². The van der Waals surface area contributed by atoms with Crippen molar-refractivity contribution in [2.45, 2.75) is 13.5 Å². The Kier molecular flexibility index (Phi) is 3.93. The van der Waals surface area contributed by atoms with E-state index in [0.717, 1.165) is 5.56 Å². The summed E-state index contributed by atoms with van der Waals surface area (Å²) in [7, 11) is 0. The number of benzene rings is 1. The zero-order valence-corrected chi connectivity index (χ0v) is 12.2. The van der Waals surface area contributed by atoms with Crippen LogP contribution in [-0.4, -0.2) is 14.5 Å². The van der Waals surface area contributed by atoms with Crippen LogP contribution in [0.1, 0.15) is 11.4 Å². The molecule has 0 saturated carbocycles. The Bertz CT molecular complexity index is 680. The smallest absolute Gasteiger partial charge is 0.269 e. The fourth-order valence-electron chi connectivity index (χ4n) is 1.64. The Hall–Kier alpha value is -1.77. The summed E-state index contributed by atoms with van der Waals surface area (Å²) in [5.74, 6) is 0.615. The lowest BCUT2D eigenvalue weighted by molar-refractivity contribution is -0.384. The minimum Gasteiger partial charge on any atom is -0.292 e. The summed E-state index contributed by atoms with van der Waals surface area (Å²) in [5.41, 5.74) is 0.750. The summed E-state index contributed by atoms with van der Waals surface area (Å²) < 4.78 is 2.09. The number of aryl methyl sites for hydroxylation is 1. The van der Waals surface area contributed by atoms with Crippen molar-refractivity contribution in [1.82, 2.24) is 9.55 Å². The van der Waals surface area contributed by atoms with Crippen LogP contribution in [0, 0.1) is 20.6 Å². The van der Waals surface area contributed by atoms with Gasteiger partial charge in [0.25, 0.3) is 11.2 Å². The highest BCUT2D eigenvalue weighted by Crippen LogP contribution is 2.12. The molecule has 1 aromatic carbocycles. The maximum absolute atomic E-state index is 12.0. The van der Waals surface area contributed by atoms with E-state index in [1.165, 1.54) is 18.3 Å². The molecule has 0 unspecified atom stereocenters. The van der Waals surface area contributed by atoms with E-state index in [4.69, 9.17) is 0 Å².